The van der Waals surface area contributed by atoms with E-state index in [0.717, 1.165) is 31.0 Å². The summed E-state index contributed by atoms with van der Waals surface area (Å²) < 4.78 is 7.91. The van der Waals surface area contributed by atoms with Gasteiger partial charge in [0.15, 0.2) is 0 Å². The van der Waals surface area contributed by atoms with E-state index in [1.54, 1.807) is 0 Å². The molecule has 7 nitrogen and oxygen atoms in total. The third-order valence-corrected chi connectivity index (χ3v) is 4.94. The van der Waals surface area contributed by atoms with Gasteiger partial charge in [-0.15, -0.1) is 20.4 Å². The van der Waals surface area contributed by atoms with Gasteiger partial charge < -0.3 is 8.98 Å². The van der Waals surface area contributed by atoms with E-state index in [0.29, 0.717) is 18.3 Å². The topological polar surface area (TPSA) is 72.9 Å². The fourth-order valence-corrected chi connectivity index (χ4v) is 3.30. The second-order valence-electron chi connectivity index (χ2n) is 6.50. The molecule has 3 aromatic rings. The van der Waals surface area contributed by atoms with E-state index in [4.69, 9.17) is 4.42 Å². The van der Waals surface area contributed by atoms with Crippen LogP contribution in [-0.4, -0.2) is 29.9 Å². The molecule has 1 aliphatic rings. The monoisotopic (exact) mass is 338 g/mol. The Morgan fingerprint density at radius 1 is 1.12 bits per heavy atom. The minimum atomic E-state index is 0.0553. The van der Waals surface area contributed by atoms with Crippen LogP contribution in [0, 0.1) is 6.92 Å². The Morgan fingerprint density at radius 2 is 1.92 bits per heavy atom. The van der Waals surface area contributed by atoms with Crippen LogP contribution in [0.15, 0.2) is 28.7 Å². The lowest BCUT2D eigenvalue weighted by molar-refractivity contribution is 0.132. The first-order valence-electron chi connectivity index (χ1n) is 8.63. The third kappa shape index (κ3) is 2.95. The van der Waals surface area contributed by atoms with Crippen LogP contribution in [-0.2, 0) is 33.0 Å². The summed E-state index contributed by atoms with van der Waals surface area (Å²) in [6, 6.07) is 8.60. The normalized spacial score (nSPS) is 17.6. The van der Waals surface area contributed by atoms with Crippen LogP contribution < -0.4 is 0 Å². The molecular weight excluding hydrogens is 316 g/mol. The first-order valence-corrected chi connectivity index (χ1v) is 8.63. The highest BCUT2D eigenvalue weighted by molar-refractivity contribution is 5.30. The van der Waals surface area contributed by atoms with Gasteiger partial charge in [0.25, 0.3) is 0 Å². The number of fused-ring (bicyclic) bond motifs is 1. The molecule has 130 valence electrons. The van der Waals surface area contributed by atoms with E-state index < -0.39 is 0 Å². The first kappa shape index (κ1) is 16.0. The Morgan fingerprint density at radius 3 is 2.60 bits per heavy atom. The van der Waals surface area contributed by atoms with Crippen LogP contribution in [0.2, 0.25) is 0 Å². The summed E-state index contributed by atoms with van der Waals surface area (Å²) in [7, 11) is 2.00. The Bertz CT molecular complexity index is 883. The number of rotatable bonds is 4. The molecule has 1 atom stereocenters. The van der Waals surface area contributed by atoms with Crippen molar-refractivity contribution >= 4 is 0 Å². The Labute approximate surface area is 146 Å². The molecule has 1 aromatic carbocycles. The van der Waals surface area contributed by atoms with Gasteiger partial charge in [0.2, 0.25) is 11.8 Å². The Kier molecular flexibility index (Phi) is 4.09. The van der Waals surface area contributed by atoms with Gasteiger partial charge in [-0.1, -0.05) is 31.2 Å². The molecule has 25 heavy (non-hydrogen) atoms. The Balaban J connectivity index is 1.68. The lowest BCUT2D eigenvalue weighted by Crippen LogP contribution is -2.34. The van der Waals surface area contributed by atoms with Crippen molar-refractivity contribution in [2.24, 2.45) is 7.05 Å². The van der Waals surface area contributed by atoms with Crippen molar-refractivity contribution in [3.8, 4) is 0 Å². The highest BCUT2D eigenvalue weighted by atomic mass is 16.4. The lowest BCUT2D eigenvalue weighted by Gasteiger charge is -2.34. The van der Waals surface area contributed by atoms with Crippen LogP contribution in [0.3, 0.4) is 0 Å². The SMILES string of the molecule is CCc1nnc([C@H]2Cc3ccccc3CN2Cc2nnc(C)n2C)o1. The van der Waals surface area contributed by atoms with Gasteiger partial charge in [-0.05, 0) is 24.5 Å². The summed E-state index contributed by atoms with van der Waals surface area (Å²) in [5.74, 6) is 3.22. The molecule has 0 aliphatic carbocycles. The van der Waals surface area contributed by atoms with E-state index in [1.807, 2.05) is 25.5 Å². The zero-order chi connectivity index (χ0) is 17.4. The standard InChI is InChI=1S/C18H22N6O/c1-4-17-21-22-18(25-17)15-9-13-7-5-6-8-14(13)10-24(15)11-16-20-19-12(2)23(16)3/h5-8,15H,4,9-11H2,1-3H3/t15-/m1/s1. The molecule has 0 saturated carbocycles. The maximum atomic E-state index is 5.88. The smallest absolute Gasteiger partial charge is 0.233 e. The fraction of sp³-hybridized carbons (Fsp3) is 0.444. The van der Waals surface area contributed by atoms with Crippen LogP contribution >= 0.6 is 0 Å². The predicted molar refractivity (Wildman–Crippen MR) is 91.6 cm³/mol. The molecule has 3 heterocycles. The van der Waals surface area contributed by atoms with Crippen molar-refractivity contribution in [2.45, 2.75) is 45.8 Å². The number of hydrogen-bond donors (Lipinski definition) is 0. The van der Waals surface area contributed by atoms with Crippen LogP contribution in [0.5, 0.6) is 0 Å². The van der Waals surface area contributed by atoms with Crippen molar-refractivity contribution in [3.63, 3.8) is 0 Å². The summed E-state index contributed by atoms with van der Waals surface area (Å²) in [5, 5.41) is 16.9. The molecule has 1 aliphatic heterocycles. The van der Waals surface area contributed by atoms with E-state index in [2.05, 4.69) is 49.6 Å². The van der Waals surface area contributed by atoms with Crippen LogP contribution in [0.1, 0.15) is 47.5 Å². The lowest BCUT2D eigenvalue weighted by atomic mass is 9.94. The van der Waals surface area contributed by atoms with Gasteiger partial charge in [0.05, 0.1) is 12.6 Å². The van der Waals surface area contributed by atoms with Crippen molar-refractivity contribution in [1.29, 1.82) is 0 Å². The van der Waals surface area contributed by atoms with Crippen LogP contribution in [0.25, 0.3) is 0 Å². The summed E-state index contributed by atoms with van der Waals surface area (Å²) in [5.41, 5.74) is 2.68. The average Bonchev–Trinajstić information content (AvgIpc) is 3.23. The molecular formula is C18H22N6O. The highest BCUT2D eigenvalue weighted by Crippen LogP contribution is 2.33. The second-order valence-corrected chi connectivity index (χ2v) is 6.50. The van der Waals surface area contributed by atoms with E-state index in [9.17, 15) is 0 Å². The van der Waals surface area contributed by atoms with Crippen molar-refractivity contribution in [3.05, 3.63) is 58.8 Å². The number of benzene rings is 1. The van der Waals surface area contributed by atoms with Gasteiger partial charge in [0, 0.05) is 20.0 Å². The van der Waals surface area contributed by atoms with E-state index in [1.165, 1.54) is 11.1 Å². The second kappa shape index (κ2) is 6.40. The molecule has 2 aromatic heterocycles. The summed E-state index contributed by atoms with van der Waals surface area (Å²) >= 11 is 0. The van der Waals surface area contributed by atoms with Gasteiger partial charge in [-0.3, -0.25) is 4.90 Å². The Hall–Kier alpha value is -2.54. The molecule has 0 N–H and O–H groups in total. The van der Waals surface area contributed by atoms with E-state index in [-0.39, 0.29) is 6.04 Å². The highest BCUT2D eigenvalue weighted by Gasteiger charge is 2.32. The van der Waals surface area contributed by atoms with E-state index >= 15 is 0 Å². The first-order chi connectivity index (χ1) is 12.2. The zero-order valence-electron chi connectivity index (χ0n) is 14.8. The summed E-state index contributed by atoms with van der Waals surface area (Å²) in [4.78, 5) is 2.35. The van der Waals surface area contributed by atoms with Gasteiger partial charge in [-0.25, -0.2) is 0 Å². The molecule has 4 rings (SSSR count). The number of hydrogen-bond acceptors (Lipinski definition) is 6. The summed E-state index contributed by atoms with van der Waals surface area (Å²) in [6.07, 6.45) is 1.61. The average molecular weight is 338 g/mol. The number of aromatic nitrogens is 5. The maximum Gasteiger partial charge on any atom is 0.233 e. The zero-order valence-corrected chi connectivity index (χ0v) is 14.8. The predicted octanol–water partition coefficient (Wildman–Crippen LogP) is 2.37. The number of aryl methyl sites for hydroxylation is 2. The minimum Gasteiger partial charge on any atom is -0.424 e. The molecule has 0 fully saturated rings. The fourth-order valence-electron chi connectivity index (χ4n) is 3.30. The minimum absolute atomic E-state index is 0.0553. The molecule has 7 heteroatoms. The van der Waals surface area contributed by atoms with Crippen molar-refractivity contribution in [1.82, 2.24) is 29.9 Å². The number of nitrogens with zero attached hydrogens (tertiary/aromatic N) is 6. The molecule has 0 unspecified atom stereocenters. The van der Waals surface area contributed by atoms with Gasteiger partial charge in [-0.2, -0.15) is 0 Å². The van der Waals surface area contributed by atoms with Crippen molar-refractivity contribution in [2.75, 3.05) is 0 Å². The maximum absolute atomic E-state index is 5.88. The molecule has 0 amide bonds. The largest absolute Gasteiger partial charge is 0.424 e. The molecule has 0 radical (unpaired) electrons. The van der Waals surface area contributed by atoms with Crippen LogP contribution in [0.4, 0.5) is 0 Å². The quantitative estimate of drug-likeness (QED) is 0.727. The molecule has 0 saturated heterocycles. The molecule has 0 bridgehead atoms. The summed E-state index contributed by atoms with van der Waals surface area (Å²) in [6.45, 7) is 5.51. The van der Waals surface area contributed by atoms with Gasteiger partial charge >= 0.3 is 0 Å². The van der Waals surface area contributed by atoms with Gasteiger partial charge in [0.1, 0.15) is 11.6 Å². The van der Waals surface area contributed by atoms with Crippen molar-refractivity contribution < 1.29 is 4.42 Å². The third-order valence-electron chi connectivity index (χ3n) is 4.94. The molecule has 0 spiro atoms.